The number of halogens is 1. The molecule has 3 nitrogen and oxygen atoms in total. The van der Waals surface area contributed by atoms with E-state index in [4.69, 9.17) is 0 Å². The van der Waals surface area contributed by atoms with Crippen LogP contribution in [0.2, 0.25) is 0 Å². The summed E-state index contributed by atoms with van der Waals surface area (Å²) in [7, 11) is 0. The van der Waals surface area contributed by atoms with Crippen molar-refractivity contribution in [1.82, 2.24) is 9.55 Å². The molecule has 2 aromatic heterocycles. The molecule has 0 radical (unpaired) electrons. The van der Waals surface area contributed by atoms with E-state index in [1.165, 1.54) is 11.3 Å². The predicted molar refractivity (Wildman–Crippen MR) is 64.0 cm³/mol. The second kappa shape index (κ2) is 4.47. The minimum Gasteiger partial charge on any atom is -0.379 e. The predicted octanol–water partition coefficient (Wildman–Crippen LogP) is 2.81. The van der Waals surface area contributed by atoms with Crippen LogP contribution in [0.3, 0.4) is 0 Å². The number of aliphatic hydroxyl groups excluding tert-OH is 1. The molecule has 5 heteroatoms. The summed E-state index contributed by atoms with van der Waals surface area (Å²) in [6, 6.07) is 1.93. The zero-order chi connectivity index (χ0) is 10.8. The maximum atomic E-state index is 10.2. The molecule has 0 aromatic carbocycles. The van der Waals surface area contributed by atoms with Gasteiger partial charge in [-0.05, 0) is 34.3 Å². The van der Waals surface area contributed by atoms with E-state index in [0.29, 0.717) is 5.82 Å². The maximum Gasteiger partial charge on any atom is 0.147 e. The Morgan fingerprint density at radius 3 is 3.07 bits per heavy atom. The van der Waals surface area contributed by atoms with Gasteiger partial charge in [0.2, 0.25) is 0 Å². The molecular weight excluding hydrogens is 276 g/mol. The Kier molecular flexibility index (Phi) is 3.23. The van der Waals surface area contributed by atoms with E-state index in [-0.39, 0.29) is 0 Å². The van der Waals surface area contributed by atoms with Crippen molar-refractivity contribution in [1.29, 1.82) is 0 Å². The Hall–Kier alpha value is -0.650. The molecule has 1 N–H and O–H groups in total. The summed E-state index contributed by atoms with van der Waals surface area (Å²) >= 11 is 4.94. The van der Waals surface area contributed by atoms with E-state index in [0.717, 1.165) is 15.9 Å². The van der Waals surface area contributed by atoms with Crippen molar-refractivity contribution in [2.24, 2.45) is 0 Å². The van der Waals surface area contributed by atoms with Crippen molar-refractivity contribution < 1.29 is 5.11 Å². The number of hydrogen-bond donors (Lipinski definition) is 1. The van der Waals surface area contributed by atoms with E-state index < -0.39 is 6.10 Å². The van der Waals surface area contributed by atoms with Gasteiger partial charge in [0.05, 0.1) is 4.88 Å². The number of aryl methyl sites for hydroxylation is 1. The number of nitrogens with zero attached hydrogens (tertiary/aromatic N) is 2. The molecule has 0 saturated heterocycles. The van der Waals surface area contributed by atoms with Crippen molar-refractivity contribution in [2.75, 3.05) is 0 Å². The lowest BCUT2D eigenvalue weighted by Crippen LogP contribution is -2.07. The molecule has 0 amide bonds. The number of imidazole rings is 1. The Labute approximate surface area is 101 Å². The molecule has 0 aliphatic rings. The average molecular weight is 287 g/mol. The number of thiophene rings is 1. The first kappa shape index (κ1) is 10.9. The van der Waals surface area contributed by atoms with Crippen LogP contribution in [-0.4, -0.2) is 14.7 Å². The quantitative estimate of drug-likeness (QED) is 0.942. The van der Waals surface area contributed by atoms with Crippen LogP contribution >= 0.6 is 27.3 Å². The summed E-state index contributed by atoms with van der Waals surface area (Å²) in [5.41, 5.74) is 0. The fraction of sp³-hybridized carbons (Fsp3) is 0.300. The minimum absolute atomic E-state index is 0.644. The molecule has 0 bridgehead atoms. The first-order valence-corrected chi connectivity index (χ1v) is 6.33. The Morgan fingerprint density at radius 1 is 1.67 bits per heavy atom. The van der Waals surface area contributed by atoms with Crippen LogP contribution in [-0.2, 0) is 6.54 Å². The van der Waals surface area contributed by atoms with Crippen molar-refractivity contribution >= 4 is 27.3 Å². The molecule has 1 atom stereocenters. The molecule has 2 heterocycles. The van der Waals surface area contributed by atoms with Gasteiger partial charge in [-0.2, -0.15) is 0 Å². The molecule has 0 saturated carbocycles. The lowest BCUT2D eigenvalue weighted by molar-refractivity contribution is 0.208. The summed E-state index contributed by atoms with van der Waals surface area (Å²) < 4.78 is 2.88. The van der Waals surface area contributed by atoms with Crippen LogP contribution in [0.5, 0.6) is 0 Å². The first-order chi connectivity index (χ1) is 7.24. The normalized spacial score (nSPS) is 13.0. The summed E-state index contributed by atoms with van der Waals surface area (Å²) in [4.78, 5) is 5.08. The second-order valence-electron chi connectivity index (χ2n) is 3.11. The SMILES string of the molecule is CCn1ccnc1C(O)c1sccc1Br. The molecule has 2 aromatic rings. The van der Waals surface area contributed by atoms with Crippen LogP contribution in [0.4, 0.5) is 0 Å². The average Bonchev–Trinajstić information content (AvgIpc) is 2.84. The number of aliphatic hydroxyl groups is 1. The van der Waals surface area contributed by atoms with Gasteiger partial charge in [0.1, 0.15) is 11.9 Å². The van der Waals surface area contributed by atoms with Gasteiger partial charge in [0.25, 0.3) is 0 Å². The zero-order valence-electron chi connectivity index (χ0n) is 8.22. The van der Waals surface area contributed by atoms with Crippen LogP contribution < -0.4 is 0 Å². The van der Waals surface area contributed by atoms with E-state index in [2.05, 4.69) is 20.9 Å². The Balaban J connectivity index is 2.36. The van der Waals surface area contributed by atoms with Crippen molar-refractivity contribution in [3.8, 4) is 0 Å². The zero-order valence-corrected chi connectivity index (χ0v) is 10.6. The highest BCUT2D eigenvalue weighted by Crippen LogP contribution is 2.32. The van der Waals surface area contributed by atoms with Crippen molar-refractivity contribution in [2.45, 2.75) is 19.6 Å². The number of rotatable bonds is 3. The Morgan fingerprint density at radius 2 is 2.47 bits per heavy atom. The molecule has 80 valence electrons. The summed E-state index contributed by atoms with van der Waals surface area (Å²) in [5, 5.41) is 12.1. The smallest absolute Gasteiger partial charge is 0.147 e. The molecule has 2 rings (SSSR count). The van der Waals surface area contributed by atoms with Crippen molar-refractivity contribution in [3.63, 3.8) is 0 Å². The fourth-order valence-corrected chi connectivity index (χ4v) is 3.02. The van der Waals surface area contributed by atoms with Crippen LogP contribution in [0.25, 0.3) is 0 Å². The minimum atomic E-state index is -0.644. The lowest BCUT2D eigenvalue weighted by Gasteiger charge is -2.10. The van der Waals surface area contributed by atoms with E-state index >= 15 is 0 Å². The van der Waals surface area contributed by atoms with Gasteiger partial charge in [-0.3, -0.25) is 0 Å². The molecule has 0 aliphatic carbocycles. The largest absolute Gasteiger partial charge is 0.379 e. The molecular formula is C10H11BrN2OS. The van der Waals surface area contributed by atoms with Crippen LogP contribution in [0.1, 0.15) is 23.7 Å². The maximum absolute atomic E-state index is 10.2. The van der Waals surface area contributed by atoms with E-state index in [1.54, 1.807) is 6.20 Å². The van der Waals surface area contributed by atoms with E-state index in [9.17, 15) is 5.11 Å². The van der Waals surface area contributed by atoms with Gasteiger partial charge in [-0.1, -0.05) is 0 Å². The molecule has 0 spiro atoms. The number of hydrogen-bond acceptors (Lipinski definition) is 3. The second-order valence-corrected chi connectivity index (χ2v) is 4.91. The Bertz CT molecular complexity index is 452. The standard InChI is InChI=1S/C10H11BrN2OS/c1-2-13-5-4-12-10(13)8(14)9-7(11)3-6-15-9/h3-6,8,14H,2H2,1H3. The van der Waals surface area contributed by atoms with Crippen LogP contribution in [0, 0.1) is 0 Å². The third-order valence-corrected chi connectivity index (χ3v) is 4.15. The van der Waals surface area contributed by atoms with Gasteiger partial charge < -0.3 is 9.67 Å². The van der Waals surface area contributed by atoms with Gasteiger partial charge in [-0.15, -0.1) is 11.3 Å². The highest BCUT2D eigenvalue weighted by molar-refractivity contribution is 9.10. The van der Waals surface area contributed by atoms with E-state index in [1.807, 2.05) is 29.1 Å². The molecule has 1 unspecified atom stereocenters. The topological polar surface area (TPSA) is 38.0 Å². The molecule has 0 fully saturated rings. The van der Waals surface area contributed by atoms with Gasteiger partial charge in [-0.25, -0.2) is 4.98 Å². The van der Waals surface area contributed by atoms with Crippen molar-refractivity contribution in [3.05, 3.63) is 39.0 Å². The first-order valence-electron chi connectivity index (χ1n) is 4.66. The summed E-state index contributed by atoms with van der Waals surface area (Å²) in [6.07, 6.45) is 2.94. The van der Waals surface area contributed by atoms with Gasteiger partial charge >= 0.3 is 0 Å². The summed E-state index contributed by atoms with van der Waals surface area (Å²) in [5.74, 6) is 0.695. The third kappa shape index (κ3) is 2.00. The monoisotopic (exact) mass is 286 g/mol. The molecule has 0 aliphatic heterocycles. The third-order valence-electron chi connectivity index (χ3n) is 2.23. The fourth-order valence-electron chi connectivity index (χ4n) is 1.45. The number of aromatic nitrogens is 2. The summed E-state index contributed by atoms with van der Waals surface area (Å²) in [6.45, 7) is 2.84. The molecule has 15 heavy (non-hydrogen) atoms. The van der Waals surface area contributed by atoms with Crippen LogP contribution in [0.15, 0.2) is 28.3 Å². The van der Waals surface area contributed by atoms with Gasteiger partial charge in [0, 0.05) is 23.4 Å². The van der Waals surface area contributed by atoms with Gasteiger partial charge in [0.15, 0.2) is 0 Å². The highest BCUT2D eigenvalue weighted by Gasteiger charge is 2.19. The lowest BCUT2D eigenvalue weighted by atomic mass is 10.3. The highest BCUT2D eigenvalue weighted by atomic mass is 79.9.